The highest BCUT2D eigenvalue weighted by molar-refractivity contribution is 6.33. The highest BCUT2D eigenvalue weighted by Crippen LogP contribution is 2.28. The van der Waals surface area contributed by atoms with E-state index in [2.05, 4.69) is 10.4 Å². The van der Waals surface area contributed by atoms with Crippen molar-refractivity contribution in [3.8, 4) is 5.69 Å². The molecular formula is C14H15Cl2N3O. The summed E-state index contributed by atoms with van der Waals surface area (Å²) in [6.45, 7) is 0. The molecular weight excluding hydrogens is 297 g/mol. The van der Waals surface area contributed by atoms with Crippen LogP contribution in [0.4, 0.5) is 5.69 Å². The predicted molar refractivity (Wildman–Crippen MR) is 81.8 cm³/mol. The van der Waals surface area contributed by atoms with Crippen LogP contribution in [0.25, 0.3) is 5.69 Å². The zero-order chi connectivity index (χ0) is 14.4. The lowest BCUT2D eigenvalue weighted by Crippen LogP contribution is -2.13. The molecule has 0 aliphatic rings. The minimum atomic E-state index is -0.0502. The third kappa shape index (κ3) is 3.74. The summed E-state index contributed by atoms with van der Waals surface area (Å²) in [5.41, 5.74) is 1.32. The number of anilines is 1. The first-order chi connectivity index (χ1) is 9.72. The number of hydrogen-bond donors (Lipinski definition) is 1. The molecule has 0 radical (unpaired) electrons. The Bertz CT molecular complexity index is 570. The van der Waals surface area contributed by atoms with Crippen molar-refractivity contribution in [1.82, 2.24) is 9.78 Å². The molecule has 1 heterocycles. The molecule has 1 N–H and O–H groups in total. The van der Waals surface area contributed by atoms with Gasteiger partial charge in [-0.1, -0.05) is 17.7 Å². The number of nitrogens with one attached hydrogen (secondary N) is 1. The summed E-state index contributed by atoms with van der Waals surface area (Å²) in [7, 11) is 0. The standard InChI is InChI=1S/C14H15Cl2N3O/c15-8-2-1-7-13(20)18-12-6-3-5-11(16)14(12)19-10-4-9-17-19/h3-6,9-10H,1-2,7-8H2,(H,18,20). The van der Waals surface area contributed by atoms with E-state index in [1.807, 2.05) is 6.07 Å². The smallest absolute Gasteiger partial charge is 0.224 e. The molecule has 1 amide bonds. The second kappa shape index (κ2) is 7.31. The van der Waals surface area contributed by atoms with Gasteiger partial charge in [-0.2, -0.15) is 5.10 Å². The molecule has 2 rings (SSSR count). The van der Waals surface area contributed by atoms with Gasteiger partial charge >= 0.3 is 0 Å². The minimum Gasteiger partial charge on any atom is -0.324 e. The molecule has 20 heavy (non-hydrogen) atoms. The number of unbranched alkanes of at least 4 members (excludes halogenated alkanes) is 1. The Morgan fingerprint density at radius 1 is 1.30 bits per heavy atom. The fourth-order valence-electron chi connectivity index (χ4n) is 1.84. The molecule has 1 aromatic heterocycles. The van der Waals surface area contributed by atoms with Crippen LogP contribution in [0.3, 0.4) is 0 Å². The summed E-state index contributed by atoms with van der Waals surface area (Å²) in [6, 6.07) is 7.17. The fraction of sp³-hybridized carbons (Fsp3) is 0.286. The van der Waals surface area contributed by atoms with Gasteiger partial charge in [0, 0.05) is 24.7 Å². The molecule has 0 atom stereocenters. The van der Waals surface area contributed by atoms with Crippen molar-refractivity contribution in [1.29, 1.82) is 0 Å². The number of aromatic nitrogens is 2. The largest absolute Gasteiger partial charge is 0.324 e. The van der Waals surface area contributed by atoms with E-state index in [-0.39, 0.29) is 5.91 Å². The maximum Gasteiger partial charge on any atom is 0.224 e. The van der Waals surface area contributed by atoms with Crippen LogP contribution in [0, 0.1) is 0 Å². The molecule has 0 aliphatic carbocycles. The lowest BCUT2D eigenvalue weighted by Gasteiger charge is -2.12. The molecule has 0 unspecified atom stereocenters. The normalized spacial score (nSPS) is 10.5. The summed E-state index contributed by atoms with van der Waals surface area (Å²) >= 11 is 11.8. The van der Waals surface area contributed by atoms with Crippen LogP contribution in [-0.2, 0) is 4.79 Å². The number of nitrogens with zero attached hydrogens (tertiary/aromatic N) is 2. The topological polar surface area (TPSA) is 46.9 Å². The van der Waals surface area contributed by atoms with E-state index in [9.17, 15) is 4.79 Å². The predicted octanol–water partition coefficient (Wildman–Crippen LogP) is 3.87. The van der Waals surface area contributed by atoms with Crippen molar-refractivity contribution in [2.45, 2.75) is 19.3 Å². The SMILES string of the molecule is O=C(CCCCCl)Nc1cccc(Cl)c1-n1cccn1. The van der Waals surface area contributed by atoms with Gasteiger partial charge in [-0.3, -0.25) is 4.79 Å². The monoisotopic (exact) mass is 311 g/mol. The van der Waals surface area contributed by atoms with Crippen LogP contribution in [0.5, 0.6) is 0 Å². The summed E-state index contributed by atoms with van der Waals surface area (Å²) in [4.78, 5) is 11.9. The molecule has 2 aromatic rings. The van der Waals surface area contributed by atoms with Crippen molar-refractivity contribution in [3.05, 3.63) is 41.7 Å². The number of halogens is 2. The van der Waals surface area contributed by atoms with E-state index in [4.69, 9.17) is 23.2 Å². The van der Waals surface area contributed by atoms with Crippen molar-refractivity contribution in [2.24, 2.45) is 0 Å². The van der Waals surface area contributed by atoms with E-state index in [1.165, 1.54) is 0 Å². The van der Waals surface area contributed by atoms with E-state index in [0.717, 1.165) is 12.8 Å². The Hall–Kier alpha value is -1.52. The molecule has 0 saturated carbocycles. The number of para-hydroxylation sites is 1. The summed E-state index contributed by atoms with van der Waals surface area (Å²) < 4.78 is 1.64. The minimum absolute atomic E-state index is 0.0502. The molecule has 106 valence electrons. The average molecular weight is 312 g/mol. The van der Waals surface area contributed by atoms with Gasteiger partial charge in [0.15, 0.2) is 0 Å². The van der Waals surface area contributed by atoms with E-state index in [0.29, 0.717) is 28.7 Å². The Morgan fingerprint density at radius 3 is 2.85 bits per heavy atom. The summed E-state index contributed by atoms with van der Waals surface area (Å²) in [6.07, 6.45) is 5.49. The van der Waals surface area contributed by atoms with Gasteiger partial charge in [-0.05, 0) is 31.0 Å². The Kier molecular flexibility index (Phi) is 5.44. The van der Waals surface area contributed by atoms with Gasteiger partial charge in [-0.25, -0.2) is 4.68 Å². The number of carbonyl (C=O) groups is 1. The average Bonchev–Trinajstić information content (AvgIpc) is 2.93. The molecule has 0 fully saturated rings. The van der Waals surface area contributed by atoms with Gasteiger partial charge in [0.1, 0.15) is 5.69 Å². The van der Waals surface area contributed by atoms with Gasteiger partial charge in [0.05, 0.1) is 10.7 Å². The zero-order valence-corrected chi connectivity index (χ0v) is 12.4. The number of amides is 1. The third-order valence-corrected chi connectivity index (χ3v) is 3.35. The maximum atomic E-state index is 11.9. The van der Waals surface area contributed by atoms with Crippen molar-refractivity contribution in [3.63, 3.8) is 0 Å². The van der Waals surface area contributed by atoms with Crippen LogP contribution in [0.15, 0.2) is 36.7 Å². The van der Waals surface area contributed by atoms with Gasteiger partial charge in [0.25, 0.3) is 0 Å². The van der Waals surface area contributed by atoms with Crippen LogP contribution < -0.4 is 5.32 Å². The number of benzene rings is 1. The Balaban J connectivity index is 2.16. The van der Waals surface area contributed by atoms with Gasteiger partial charge in [0.2, 0.25) is 5.91 Å². The lowest BCUT2D eigenvalue weighted by atomic mass is 10.2. The van der Waals surface area contributed by atoms with Crippen LogP contribution in [-0.4, -0.2) is 21.6 Å². The number of alkyl halides is 1. The zero-order valence-electron chi connectivity index (χ0n) is 10.9. The van der Waals surface area contributed by atoms with Crippen LogP contribution in [0.2, 0.25) is 5.02 Å². The van der Waals surface area contributed by atoms with Crippen molar-refractivity contribution >= 4 is 34.8 Å². The molecule has 0 spiro atoms. The lowest BCUT2D eigenvalue weighted by molar-refractivity contribution is -0.116. The molecule has 0 aliphatic heterocycles. The molecule has 0 saturated heterocycles. The third-order valence-electron chi connectivity index (χ3n) is 2.78. The Labute approximate surface area is 127 Å². The van der Waals surface area contributed by atoms with E-state index >= 15 is 0 Å². The van der Waals surface area contributed by atoms with Crippen LogP contribution in [0.1, 0.15) is 19.3 Å². The maximum absolute atomic E-state index is 11.9. The first-order valence-electron chi connectivity index (χ1n) is 6.36. The molecule has 4 nitrogen and oxygen atoms in total. The van der Waals surface area contributed by atoms with Crippen LogP contribution >= 0.6 is 23.2 Å². The fourth-order valence-corrected chi connectivity index (χ4v) is 2.29. The summed E-state index contributed by atoms with van der Waals surface area (Å²) in [5.74, 6) is 0.522. The van der Waals surface area contributed by atoms with E-state index < -0.39 is 0 Å². The number of rotatable bonds is 6. The Morgan fingerprint density at radius 2 is 2.15 bits per heavy atom. The molecule has 0 bridgehead atoms. The van der Waals surface area contributed by atoms with E-state index in [1.54, 1.807) is 35.3 Å². The number of carbonyl (C=O) groups excluding carboxylic acids is 1. The van der Waals surface area contributed by atoms with Crippen molar-refractivity contribution in [2.75, 3.05) is 11.2 Å². The van der Waals surface area contributed by atoms with Gasteiger partial charge < -0.3 is 5.32 Å². The second-order valence-electron chi connectivity index (χ2n) is 4.28. The van der Waals surface area contributed by atoms with Crippen molar-refractivity contribution < 1.29 is 4.79 Å². The quantitative estimate of drug-likeness (QED) is 0.650. The highest BCUT2D eigenvalue weighted by Gasteiger charge is 2.11. The first-order valence-corrected chi connectivity index (χ1v) is 7.28. The first kappa shape index (κ1) is 14.9. The highest BCUT2D eigenvalue weighted by atomic mass is 35.5. The number of hydrogen-bond acceptors (Lipinski definition) is 2. The molecule has 1 aromatic carbocycles. The summed E-state index contributed by atoms with van der Waals surface area (Å²) in [5, 5.41) is 7.56. The second-order valence-corrected chi connectivity index (χ2v) is 5.07. The van der Waals surface area contributed by atoms with Gasteiger partial charge in [-0.15, -0.1) is 11.6 Å². The molecule has 6 heteroatoms.